The van der Waals surface area contributed by atoms with Gasteiger partial charge in [-0.2, -0.15) is 5.26 Å². The molecule has 22 heavy (non-hydrogen) atoms. The molecule has 0 aliphatic rings. The van der Waals surface area contributed by atoms with Crippen LogP contribution in [0.4, 0.5) is 0 Å². The summed E-state index contributed by atoms with van der Waals surface area (Å²) < 4.78 is 1.28. The van der Waals surface area contributed by atoms with Crippen LogP contribution in [0.25, 0.3) is 5.65 Å². The highest BCUT2D eigenvalue weighted by atomic mass is 32.1. The zero-order valence-corrected chi connectivity index (χ0v) is 13.1. The Morgan fingerprint density at radius 1 is 1.45 bits per heavy atom. The average molecular weight is 313 g/mol. The molecule has 0 aliphatic carbocycles. The molecule has 3 aromatic heterocycles. The molecule has 0 aliphatic heterocycles. The molecule has 0 saturated heterocycles. The van der Waals surface area contributed by atoms with Crippen LogP contribution < -0.4 is 5.56 Å². The van der Waals surface area contributed by atoms with E-state index in [2.05, 4.69) is 33.4 Å². The number of aromatic nitrogens is 3. The predicted octanol–water partition coefficient (Wildman–Crippen LogP) is 1.90. The minimum atomic E-state index is -0.207. The number of aryl methyl sites for hydroxylation is 1. The van der Waals surface area contributed by atoms with Crippen LogP contribution in [0.3, 0.4) is 0 Å². The van der Waals surface area contributed by atoms with Gasteiger partial charge in [0.25, 0.3) is 5.56 Å². The molecule has 0 spiro atoms. The molecule has 112 valence electrons. The summed E-state index contributed by atoms with van der Waals surface area (Å²) in [7, 11) is 1.99. The fourth-order valence-corrected chi connectivity index (χ4v) is 3.32. The van der Waals surface area contributed by atoms with Gasteiger partial charge < -0.3 is 0 Å². The Balaban J connectivity index is 1.84. The van der Waals surface area contributed by atoms with Crippen molar-refractivity contribution in [2.75, 3.05) is 7.05 Å². The van der Waals surface area contributed by atoms with Crippen molar-refractivity contribution in [1.82, 2.24) is 19.5 Å². The maximum absolute atomic E-state index is 12.0. The lowest BCUT2D eigenvalue weighted by Crippen LogP contribution is -2.21. The molecule has 0 radical (unpaired) electrons. The standard InChI is InChI=1S/C15H15N5OS/c1-10-3-13(22-9-10)8-19(2)7-12-4-14(21)20-15(18-12)11(5-16)6-17-20/h3-4,6,9,17H,7-8H2,1-2H3. The molecule has 0 amide bonds. The first kappa shape index (κ1) is 14.5. The lowest BCUT2D eigenvalue weighted by atomic mass is 10.3. The maximum atomic E-state index is 12.0. The SMILES string of the molecule is Cc1csc(CN(C)Cc2cc(=O)n3[nH]cc(C#N)c3n2)c1. The molecule has 6 nitrogen and oxygen atoms in total. The van der Waals surface area contributed by atoms with Gasteiger partial charge in [0.2, 0.25) is 0 Å². The van der Waals surface area contributed by atoms with E-state index in [1.165, 1.54) is 27.2 Å². The Morgan fingerprint density at radius 2 is 2.27 bits per heavy atom. The number of nitriles is 1. The summed E-state index contributed by atoms with van der Waals surface area (Å²) in [5, 5.41) is 13.9. The zero-order valence-electron chi connectivity index (χ0n) is 12.3. The second-order valence-corrected chi connectivity index (χ2v) is 6.30. The van der Waals surface area contributed by atoms with Gasteiger partial charge in [-0.15, -0.1) is 11.3 Å². The largest absolute Gasteiger partial charge is 0.295 e. The third-order valence-corrected chi connectivity index (χ3v) is 4.35. The number of aromatic amines is 1. The van der Waals surface area contributed by atoms with E-state index in [0.717, 1.165) is 6.54 Å². The van der Waals surface area contributed by atoms with Crippen molar-refractivity contribution in [3.63, 3.8) is 0 Å². The number of thiophene rings is 1. The summed E-state index contributed by atoms with van der Waals surface area (Å²) in [5.74, 6) is 0. The summed E-state index contributed by atoms with van der Waals surface area (Å²) in [6, 6.07) is 5.70. The Kier molecular flexibility index (Phi) is 3.79. The molecular weight excluding hydrogens is 298 g/mol. The van der Waals surface area contributed by atoms with E-state index in [-0.39, 0.29) is 5.56 Å². The van der Waals surface area contributed by atoms with Crippen LogP contribution in [0.1, 0.15) is 21.7 Å². The van der Waals surface area contributed by atoms with Gasteiger partial charge in [-0.05, 0) is 31.0 Å². The lowest BCUT2D eigenvalue weighted by Gasteiger charge is -2.14. The van der Waals surface area contributed by atoms with Crippen molar-refractivity contribution in [1.29, 1.82) is 5.26 Å². The maximum Gasteiger partial charge on any atom is 0.272 e. The number of rotatable bonds is 4. The van der Waals surface area contributed by atoms with E-state index >= 15 is 0 Å². The molecule has 3 heterocycles. The van der Waals surface area contributed by atoms with Crippen molar-refractivity contribution >= 4 is 17.0 Å². The Hall–Kier alpha value is -2.43. The molecule has 7 heteroatoms. The monoisotopic (exact) mass is 313 g/mol. The molecule has 0 aromatic carbocycles. The normalized spacial score (nSPS) is 11.2. The number of H-pyrrole nitrogens is 1. The zero-order chi connectivity index (χ0) is 15.7. The van der Waals surface area contributed by atoms with E-state index in [9.17, 15) is 4.79 Å². The lowest BCUT2D eigenvalue weighted by molar-refractivity contribution is 0.318. The molecule has 3 rings (SSSR count). The summed E-state index contributed by atoms with van der Waals surface area (Å²) >= 11 is 1.73. The molecule has 0 saturated carbocycles. The minimum absolute atomic E-state index is 0.207. The predicted molar refractivity (Wildman–Crippen MR) is 84.8 cm³/mol. The van der Waals surface area contributed by atoms with Crippen LogP contribution in [0.2, 0.25) is 0 Å². The molecule has 0 atom stereocenters. The van der Waals surface area contributed by atoms with E-state index in [1.54, 1.807) is 11.3 Å². The first-order valence-electron chi connectivity index (χ1n) is 6.79. The third kappa shape index (κ3) is 2.79. The second-order valence-electron chi connectivity index (χ2n) is 5.31. The van der Waals surface area contributed by atoms with Gasteiger partial charge in [0, 0.05) is 30.2 Å². The van der Waals surface area contributed by atoms with Gasteiger partial charge in [0.05, 0.1) is 5.69 Å². The van der Waals surface area contributed by atoms with Crippen molar-refractivity contribution in [3.05, 3.63) is 55.8 Å². The van der Waals surface area contributed by atoms with Gasteiger partial charge in [0.15, 0.2) is 5.65 Å². The quantitative estimate of drug-likeness (QED) is 0.798. The number of nitrogens with one attached hydrogen (secondary N) is 1. The fourth-order valence-electron chi connectivity index (χ4n) is 2.36. The third-order valence-electron chi connectivity index (χ3n) is 3.31. The minimum Gasteiger partial charge on any atom is -0.295 e. The van der Waals surface area contributed by atoms with E-state index in [1.807, 2.05) is 13.1 Å². The van der Waals surface area contributed by atoms with Crippen LogP contribution in [0, 0.1) is 18.3 Å². The van der Waals surface area contributed by atoms with Crippen LogP contribution >= 0.6 is 11.3 Å². The van der Waals surface area contributed by atoms with Gasteiger partial charge in [0.1, 0.15) is 11.6 Å². The topological polar surface area (TPSA) is 77.2 Å². The Labute approximate surface area is 131 Å². The van der Waals surface area contributed by atoms with Crippen LogP contribution in [0.5, 0.6) is 0 Å². The molecular formula is C15H15N5OS. The molecule has 3 aromatic rings. The van der Waals surface area contributed by atoms with Crippen molar-refractivity contribution in [3.8, 4) is 6.07 Å². The van der Waals surface area contributed by atoms with Crippen molar-refractivity contribution < 1.29 is 0 Å². The first-order valence-corrected chi connectivity index (χ1v) is 7.67. The smallest absolute Gasteiger partial charge is 0.272 e. The number of hydrogen-bond acceptors (Lipinski definition) is 5. The summed E-state index contributed by atoms with van der Waals surface area (Å²) in [6.45, 7) is 3.43. The van der Waals surface area contributed by atoms with E-state index in [4.69, 9.17) is 5.26 Å². The van der Waals surface area contributed by atoms with Gasteiger partial charge >= 0.3 is 0 Å². The van der Waals surface area contributed by atoms with Crippen LogP contribution in [0.15, 0.2) is 28.5 Å². The molecule has 0 unspecified atom stereocenters. The summed E-state index contributed by atoms with van der Waals surface area (Å²) in [4.78, 5) is 19.8. The second kappa shape index (κ2) is 5.75. The highest BCUT2D eigenvalue weighted by Crippen LogP contribution is 2.16. The van der Waals surface area contributed by atoms with Crippen LogP contribution in [-0.2, 0) is 13.1 Å². The van der Waals surface area contributed by atoms with E-state index < -0.39 is 0 Å². The van der Waals surface area contributed by atoms with Gasteiger partial charge in [-0.25, -0.2) is 9.50 Å². The first-order chi connectivity index (χ1) is 10.6. The summed E-state index contributed by atoms with van der Waals surface area (Å²) in [5.41, 5.74) is 2.47. The molecule has 1 N–H and O–H groups in total. The Bertz CT molecular complexity index is 914. The van der Waals surface area contributed by atoms with Gasteiger partial charge in [-0.1, -0.05) is 0 Å². The molecule has 0 bridgehead atoms. The average Bonchev–Trinajstić information content (AvgIpc) is 3.05. The Morgan fingerprint density at radius 3 is 2.95 bits per heavy atom. The highest BCUT2D eigenvalue weighted by molar-refractivity contribution is 7.10. The fraction of sp³-hybridized carbons (Fsp3) is 0.267. The van der Waals surface area contributed by atoms with E-state index in [0.29, 0.717) is 23.4 Å². The summed E-state index contributed by atoms with van der Waals surface area (Å²) in [6.07, 6.45) is 1.49. The number of fused-ring (bicyclic) bond motifs is 1. The van der Waals surface area contributed by atoms with Crippen molar-refractivity contribution in [2.45, 2.75) is 20.0 Å². The number of hydrogen-bond donors (Lipinski definition) is 1. The molecule has 0 fully saturated rings. The van der Waals surface area contributed by atoms with Crippen molar-refractivity contribution in [2.24, 2.45) is 0 Å². The van der Waals surface area contributed by atoms with Gasteiger partial charge in [-0.3, -0.25) is 14.8 Å². The van der Waals surface area contributed by atoms with Crippen LogP contribution in [-0.4, -0.2) is 26.5 Å². The number of nitrogens with zero attached hydrogens (tertiary/aromatic N) is 4. The highest BCUT2D eigenvalue weighted by Gasteiger charge is 2.10.